The molecule has 1 fully saturated rings. The maximum Gasteiger partial charge on any atom is 0.161 e. The van der Waals surface area contributed by atoms with E-state index in [0.29, 0.717) is 6.10 Å². The van der Waals surface area contributed by atoms with Gasteiger partial charge in [-0.2, -0.15) is 0 Å². The van der Waals surface area contributed by atoms with Gasteiger partial charge in [-0.05, 0) is 62.8 Å². The molecule has 1 aliphatic rings. The molecule has 0 heterocycles. The minimum atomic E-state index is 0.369. The van der Waals surface area contributed by atoms with Gasteiger partial charge in [0.2, 0.25) is 0 Å². The van der Waals surface area contributed by atoms with Gasteiger partial charge in [-0.25, -0.2) is 0 Å². The van der Waals surface area contributed by atoms with Crippen molar-refractivity contribution in [2.45, 2.75) is 44.6 Å². The molecule has 2 N–H and O–H groups in total. The van der Waals surface area contributed by atoms with E-state index in [0.717, 1.165) is 43.7 Å². The molecule has 1 aromatic carbocycles. The Morgan fingerprint density at radius 2 is 2.00 bits per heavy atom. The monoisotopic (exact) mass is 249 g/mol. The van der Waals surface area contributed by atoms with Crippen molar-refractivity contribution >= 4 is 0 Å². The molecule has 18 heavy (non-hydrogen) atoms. The van der Waals surface area contributed by atoms with Gasteiger partial charge in [0.15, 0.2) is 11.5 Å². The molecule has 0 unspecified atom stereocenters. The number of hydrogen-bond donors (Lipinski definition) is 1. The second kappa shape index (κ2) is 6.64. The number of aryl methyl sites for hydroxylation is 1. The second-order valence-corrected chi connectivity index (χ2v) is 4.90. The van der Waals surface area contributed by atoms with Gasteiger partial charge in [0, 0.05) is 0 Å². The quantitative estimate of drug-likeness (QED) is 0.843. The van der Waals surface area contributed by atoms with Gasteiger partial charge < -0.3 is 15.2 Å². The van der Waals surface area contributed by atoms with Crippen LogP contribution in [0.3, 0.4) is 0 Å². The third-order valence-electron chi connectivity index (χ3n) is 3.49. The lowest BCUT2D eigenvalue weighted by Crippen LogP contribution is -2.11. The maximum atomic E-state index is 6.01. The van der Waals surface area contributed by atoms with Crippen molar-refractivity contribution in [1.82, 2.24) is 0 Å². The first kappa shape index (κ1) is 13.2. The minimum absolute atomic E-state index is 0.369. The highest BCUT2D eigenvalue weighted by Gasteiger charge is 2.18. The zero-order valence-electron chi connectivity index (χ0n) is 11.2. The highest BCUT2D eigenvalue weighted by molar-refractivity contribution is 5.43. The van der Waals surface area contributed by atoms with Crippen LogP contribution in [0.25, 0.3) is 0 Å². The van der Waals surface area contributed by atoms with Crippen LogP contribution in [0.15, 0.2) is 18.2 Å². The molecule has 0 saturated heterocycles. The van der Waals surface area contributed by atoms with Crippen LogP contribution >= 0.6 is 0 Å². The third kappa shape index (κ3) is 3.39. The van der Waals surface area contributed by atoms with E-state index in [4.69, 9.17) is 15.2 Å². The lowest BCUT2D eigenvalue weighted by atomic mass is 10.1. The summed E-state index contributed by atoms with van der Waals surface area (Å²) in [5, 5.41) is 0. The van der Waals surface area contributed by atoms with Crippen molar-refractivity contribution in [3.8, 4) is 11.5 Å². The molecule has 0 radical (unpaired) electrons. The predicted molar refractivity (Wildman–Crippen MR) is 73.3 cm³/mol. The van der Waals surface area contributed by atoms with E-state index in [2.05, 4.69) is 12.1 Å². The Labute approximate surface area is 109 Å². The molecule has 0 aromatic heterocycles. The van der Waals surface area contributed by atoms with Gasteiger partial charge in [0.05, 0.1) is 13.2 Å². The zero-order valence-corrected chi connectivity index (χ0v) is 11.2. The van der Waals surface area contributed by atoms with Crippen LogP contribution in [-0.2, 0) is 6.42 Å². The van der Waals surface area contributed by atoms with E-state index in [-0.39, 0.29) is 0 Å². The molecule has 0 atom stereocenters. The predicted octanol–water partition coefficient (Wildman–Crippen LogP) is 2.91. The fraction of sp³-hybridized carbons (Fsp3) is 0.600. The first-order valence-corrected chi connectivity index (χ1v) is 6.87. The van der Waals surface area contributed by atoms with Crippen molar-refractivity contribution in [3.05, 3.63) is 23.8 Å². The molecule has 3 nitrogen and oxygen atoms in total. The zero-order chi connectivity index (χ0) is 12.8. The number of methoxy groups -OCH3 is 1. The molecule has 0 bridgehead atoms. The van der Waals surface area contributed by atoms with Crippen LogP contribution in [0.5, 0.6) is 11.5 Å². The van der Waals surface area contributed by atoms with Crippen molar-refractivity contribution in [3.63, 3.8) is 0 Å². The summed E-state index contributed by atoms with van der Waals surface area (Å²) in [7, 11) is 1.70. The third-order valence-corrected chi connectivity index (χ3v) is 3.49. The molecule has 1 saturated carbocycles. The SMILES string of the molecule is COc1cc(CCCN)ccc1OC1CCCC1. The van der Waals surface area contributed by atoms with Crippen LogP contribution in [0.4, 0.5) is 0 Å². The van der Waals surface area contributed by atoms with E-state index in [1.54, 1.807) is 7.11 Å². The largest absolute Gasteiger partial charge is 0.493 e. The van der Waals surface area contributed by atoms with Gasteiger partial charge in [-0.1, -0.05) is 6.07 Å². The van der Waals surface area contributed by atoms with Crippen LogP contribution in [0.2, 0.25) is 0 Å². The van der Waals surface area contributed by atoms with Gasteiger partial charge >= 0.3 is 0 Å². The molecule has 1 aromatic rings. The smallest absolute Gasteiger partial charge is 0.161 e. The van der Waals surface area contributed by atoms with E-state index < -0.39 is 0 Å². The van der Waals surface area contributed by atoms with Crippen LogP contribution in [0.1, 0.15) is 37.7 Å². The summed E-state index contributed by atoms with van der Waals surface area (Å²) in [6.07, 6.45) is 7.26. The molecule has 100 valence electrons. The van der Waals surface area contributed by atoms with Gasteiger partial charge in [-0.15, -0.1) is 0 Å². The minimum Gasteiger partial charge on any atom is -0.493 e. The van der Waals surface area contributed by atoms with Crippen molar-refractivity contribution < 1.29 is 9.47 Å². The molecular weight excluding hydrogens is 226 g/mol. The van der Waals surface area contributed by atoms with Crippen molar-refractivity contribution in [2.24, 2.45) is 5.73 Å². The van der Waals surface area contributed by atoms with Crippen molar-refractivity contribution in [1.29, 1.82) is 0 Å². The molecular formula is C15H23NO2. The lowest BCUT2D eigenvalue weighted by molar-refractivity contribution is 0.200. The van der Waals surface area contributed by atoms with Crippen LogP contribution in [0, 0.1) is 0 Å². The molecule has 0 aliphatic heterocycles. The van der Waals surface area contributed by atoms with E-state index in [9.17, 15) is 0 Å². The Kier molecular flexibility index (Phi) is 4.88. The maximum absolute atomic E-state index is 6.01. The summed E-state index contributed by atoms with van der Waals surface area (Å²) in [4.78, 5) is 0. The Morgan fingerprint density at radius 1 is 1.22 bits per heavy atom. The first-order valence-electron chi connectivity index (χ1n) is 6.87. The molecule has 0 amide bonds. The van der Waals surface area contributed by atoms with Gasteiger partial charge in [0.1, 0.15) is 0 Å². The summed E-state index contributed by atoms with van der Waals surface area (Å²) in [6.45, 7) is 0.725. The summed E-state index contributed by atoms with van der Waals surface area (Å²) >= 11 is 0. The number of benzene rings is 1. The topological polar surface area (TPSA) is 44.5 Å². The Balaban J connectivity index is 2.04. The van der Waals surface area contributed by atoms with E-state index in [1.807, 2.05) is 6.07 Å². The Bertz CT molecular complexity index is 373. The molecule has 3 heteroatoms. The summed E-state index contributed by atoms with van der Waals surface area (Å²) in [5.41, 5.74) is 6.79. The fourth-order valence-corrected chi connectivity index (χ4v) is 2.46. The van der Waals surface area contributed by atoms with Crippen LogP contribution < -0.4 is 15.2 Å². The average molecular weight is 249 g/mol. The van der Waals surface area contributed by atoms with Gasteiger partial charge in [0.25, 0.3) is 0 Å². The Hall–Kier alpha value is -1.22. The molecule has 2 rings (SSSR count). The average Bonchev–Trinajstić information content (AvgIpc) is 2.90. The number of ether oxygens (including phenoxy) is 2. The summed E-state index contributed by atoms with van der Waals surface area (Å²) < 4.78 is 11.4. The van der Waals surface area contributed by atoms with Gasteiger partial charge in [-0.3, -0.25) is 0 Å². The number of hydrogen-bond acceptors (Lipinski definition) is 3. The lowest BCUT2D eigenvalue weighted by Gasteiger charge is -2.16. The highest BCUT2D eigenvalue weighted by atomic mass is 16.5. The van der Waals surface area contributed by atoms with E-state index in [1.165, 1.54) is 18.4 Å². The van der Waals surface area contributed by atoms with E-state index >= 15 is 0 Å². The Morgan fingerprint density at radius 3 is 2.67 bits per heavy atom. The highest BCUT2D eigenvalue weighted by Crippen LogP contribution is 2.32. The first-order chi connectivity index (χ1) is 8.83. The molecule has 1 aliphatic carbocycles. The summed E-state index contributed by atoms with van der Waals surface area (Å²) in [5.74, 6) is 1.72. The van der Waals surface area contributed by atoms with Crippen LogP contribution in [-0.4, -0.2) is 19.8 Å². The summed E-state index contributed by atoms with van der Waals surface area (Å²) in [6, 6.07) is 6.21. The number of nitrogens with two attached hydrogens (primary N) is 1. The number of rotatable bonds is 6. The normalized spacial score (nSPS) is 15.9. The standard InChI is InChI=1S/C15H23NO2/c1-17-15-11-12(5-4-10-16)8-9-14(15)18-13-6-2-3-7-13/h8-9,11,13H,2-7,10,16H2,1H3. The van der Waals surface area contributed by atoms with Crippen molar-refractivity contribution in [2.75, 3.05) is 13.7 Å². The second-order valence-electron chi connectivity index (χ2n) is 4.90. The molecule has 0 spiro atoms. The fourth-order valence-electron chi connectivity index (χ4n) is 2.46.